The molecule has 2 rings (SSSR count). The van der Waals surface area contributed by atoms with Crippen LogP contribution < -0.4 is 16.4 Å². The molecule has 0 radical (unpaired) electrons. The second-order valence-electron chi connectivity index (χ2n) is 5.80. The Kier molecular flexibility index (Phi) is 4.96. The van der Waals surface area contributed by atoms with E-state index in [1.807, 2.05) is 32.0 Å². The van der Waals surface area contributed by atoms with Crippen molar-refractivity contribution < 1.29 is 9.59 Å². The zero-order chi connectivity index (χ0) is 15.4. The number of nitrogens with two attached hydrogens (primary N) is 1. The molecule has 1 aromatic rings. The van der Waals surface area contributed by atoms with Crippen molar-refractivity contribution in [2.24, 2.45) is 11.7 Å². The molecule has 1 saturated carbocycles. The summed E-state index contributed by atoms with van der Waals surface area (Å²) in [6.07, 6.45) is 2.41. The molecule has 5 heteroatoms. The Morgan fingerprint density at radius 3 is 2.48 bits per heavy atom. The first-order valence-corrected chi connectivity index (χ1v) is 7.36. The SMILES string of the molecule is Cc1cccc(C)c1NC(=O)CNC(=O)C1CCC(N)C1. The molecule has 21 heavy (non-hydrogen) atoms. The lowest BCUT2D eigenvalue weighted by Gasteiger charge is -2.13. The van der Waals surface area contributed by atoms with Gasteiger partial charge in [0.15, 0.2) is 0 Å². The molecule has 5 nitrogen and oxygen atoms in total. The summed E-state index contributed by atoms with van der Waals surface area (Å²) in [5.74, 6) is -0.323. The van der Waals surface area contributed by atoms with Gasteiger partial charge in [0.2, 0.25) is 11.8 Å². The van der Waals surface area contributed by atoms with Crippen LogP contribution in [-0.4, -0.2) is 24.4 Å². The van der Waals surface area contributed by atoms with Gasteiger partial charge in [-0.25, -0.2) is 0 Å². The maximum Gasteiger partial charge on any atom is 0.243 e. The van der Waals surface area contributed by atoms with Crippen LogP contribution in [-0.2, 0) is 9.59 Å². The fourth-order valence-corrected chi connectivity index (χ4v) is 2.76. The number of rotatable bonds is 4. The van der Waals surface area contributed by atoms with Gasteiger partial charge in [-0.05, 0) is 44.2 Å². The Balaban J connectivity index is 1.84. The van der Waals surface area contributed by atoms with E-state index in [0.29, 0.717) is 6.42 Å². The molecule has 0 heterocycles. The Morgan fingerprint density at radius 1 is 1.24 bits per heavy atom. The zero-order valence-corrected chi connectivity index (χ0v) is 12.6. The number of hydrogen-bond donors (Lipinski definition) is 3. The summed E-state index contributed by atoms with van der Waals surface area (Å²) in [5.41, 5.74) is 8.64. The number of nitrogens with one attached hydrogen (secondary N) is 2. The predicted octanol–water partition coefficient (Wildman–Crippen LogP) is 1.49. The molecule has 0 spiro atoms. The second kappa shape index (κ2) is 6.72. The Hall–Kier alpha value is -1.88. The summed E-state index contributed by atoms with van der Waals surface area (Å²) < 4.78 is 0. The minimum atomic E-state index is -0.206. The van der Waals surface area contributed by atoms with Crippen LogP contribution in [0.4, 0.5) is 5.69 Å². The average molecular weight is 289 g/mol. The molecule has 0 bridgehead atoms. The number of aryl methyl sites for hydroxylation is 2. The van der Waals surface area contributed by atoms with Gasteiger partial charge in [-0.15, -0.1) is 0 Å². The topological polar surface area (TPSA) is 84.2 Å². The van der Waals surface area contributed by atoms with Crippen molar-refractivity contribution in [2.75, 3.05) is 11.9 Å². The number of para-hydroxylation sites is 1. The minimum Gasteiger partial charge on any atom is -0.347 e. The molecule has 1 aliphatic carbocycles. The standard InChI is InChI=1S/C16H23N3O2/c1-10-4-3-5-11(2)15(10)19-14(20)9-18-16(21)12-6-7-13(17)8-12/h3-5,12-13H,6-9,17H2,1-2H3,(H,18,21)(H,19,20). The number of carbonyl (C=O) groups excluding carboxylic acids is 2. The first-order chi connectivity index (χ1) is 9.97. The van der Waals surface area contributed by atoms with E-state index in [9.17, 15) is 9.59 Å². The maximum atomic E-state index is 12.0. The first-order valence-electron chi connectivity index (χ1n) is 7.36. The third-order valence-corrected chi connectivity index (χ3v) is 4.01. The van der Waals surface area contributed by atoms with Crippen molar-refractivity contribution in [1.29, 1.82) is 0 Å². The van der Waals surface area contributed by atoms with Crippen LogP contribution in [0, 0.1) is 19.8 Å². The van der Waals surface area contributed by atoms with E-state index < -0.39 is 0 Å². The molecule has 0 aromatic heterocycles. The molecule has 2 unspecified atom stereocenters. The van der Waals surface area contributed by atoms with Gasteiger partial charge in [-0.3, -0.25) is 9.59 Å². The zero-order valence-electron chi connectivity index (χ0n) is 12.6. The molecule has 0 saturated heterocycles. The summed E-state index contributed by atoms with van der Waals surface area (Å²) in [4.78, 5) is 23.9. The van der Waals surface area contributed by atoms with Gasteiger partial charge >= 0.3 is 0 Å². The highest BCUT2D eigenvalue weighted by Gasteiger charge is 2.27. The van der Waals surface area contributed by atoms with Crippen molar-refractivity contribution in [3.63, 3.8) is 0 Å². The fraction of sp³-hybridized carbons (Fsp3) is 0.500. The molecule has 4 N–H and O–H groups in total. The molecule has 1 aliphatic rings. The van der Waals surface area contributed by atoms with Crippen LogP contribution >= 0.6 is 0 Å². The Labute approximate surface area is 125 Å². The lowest BCUT2D eigenvalue weighted by Crippen LogP contribution is -2.36. The Bertz CT molecular complexity index is 522. The van der Waals surface area contributed by atoms with Gasteiger partial charge in [0.05, 0.1) is 6.54 Å². The summed E-state index contributed by atoms with van der Waals surface area (Å²) in [7, 11) is 0. The lowest BCUT2D eigenvalue weighted by molar-refractivity contribution is -0.127. The minimum absolute atomic E-state index is 0.00164. The van der Waals surface area contributed by atoms with Gasteiger partial charge in [0, 0.05) is 17.6 Å². The smallest absolute Gasteiger partial charge is 0.243 e. The van der Waals surface area contributed by atoms with E-state index in [1.54, 1.807) is 0 Å². The third-order valence-electron chi connectivity index (χ3n) is 4.01. The van der Waals surface area contributed by atoms with E-state index in [-0.39, 0.29) is 30.3 Å². The number of hydrogen-bond acceptors (Lipinski definition) is 3. The largest absolute Gasteiger partial charge is 0.347 e. The van der Waals surface area contributed by atoms with E-state index in [2.05, 4.69) is 10.6 Å². The highest BCUT2D eigenvalue weighted by Crippen LogP contribution is 2.24. The molecular formula is C16H23N3O2. The van der Waals surface area contributed by atoms with Crippen LogP contribution in [0.3, 0.4) is 0 Å². The Morgan fingerprint density at radius 2 is 1.90 bits per heavy atom. The van der Waals surface area contributed by atoms with E-state index in [4.69, 9.17) is 5.73 Å². The fourth-order valence-electron chi connectivity index (χ4n) is 2.76. The summed E-state index contributed by atoms with van der Waals surface area (Å²) >= 11 is 0. The summed E-state index contributed by atoms with van der Waals surface area (Å²) in [6, 6.07) is 5.96. The summed E-state index contributed by atoms with van der Waals surface area (Å²) in [6.45, 7) is 3.89. The quantitative estimate of drug-likeness (QED) is 0.785. The monoisotopic (exact) mass is 289 g/mol. The first kappa shape index (κ1) is 15.5. The predicted molar refractivity (Wildman–Crippen MR) is 82.9 cm³/mol. The van der Waals surface area contributed by atoms with Crippen molar-refractivity contribution in [3.8, 4) is 0 Å². The van der Waals surface area contributed by atoms with Crippen molar-refractivity contribution in [2.45, 2.75) is 39.2 Å². The van der Waals surface area contributed by atoms with Gasteiger partial charge in [-0.1, -0.05) is 18.2 Å². The van der Waals surface area contributed by atoms with E-state index in [0.717, 1.165) is 29.7 Å². The molecule has 114 valence electrons. The molecule has 1 aromatic carbocycles. The van der Waals surface area contributed by atoms with Crippen LogP contribution in [0.1, 0.15) is 30.4 Å². The number of carbonyl (C=O) groups is 2. The van der Waals surface area contributed by atoms with E-state index >= 15 is 0 Å². The molecule has 2 atom stereocenters. The molecular weight excluding hydrogens is 266 g/mol. The second-order valence-corrected chi connectivity index (χ2v) is 5.80. The third kappa shape index (κ3) is 4.04. The van der Waals surface area contributed by atoms with Crippen LogP contribution in [0.2, 0.25) is 0 Å². The van der Waals surface area contributed by atoms with Crippen LogP contribution in [0.5, 0.6) is 0 Å². The number of amides is 2. The summed E-state index contributed by atoms with van der Waals surface area (Å²) in [5, 5.41) is 5.55. The van der Waals surface area contributed by atoms with Gasteiger partial charge in [-0.2, -0.15) is 0 Å². The van der Waals surface area contributed by atoms with Gasteiger partial charge in [0.25, 0.3) is 0 Å². The molecule has 0 aliphatic heterocycles. The van der Waals surface area contributed by atoms with Gasteiger partial charge < -0.3 is 16.4 Å². The molecule has 1 fully saturated rings. The van der Waals surface area contributed by atoms with Crippen molar-refractivity contribution >= 4 is 17.5 Å². The molecule has 2 amide bonds. The van der Waals surface area contributed by atoms with Gasteiger partial charge in [0.1, 0.15) is 0 Å². The maximum absolute atomic E-state index is 12.0. The highest BCUT2D eigenvalue weighted by molar-refractivity contribution is 5.96. The number of anilines is 1. The van der Waals surface area contributed by atoms with Crippen molar-refractivity contribution in [1.82, 2.24) is 5.32 Å². The average Bonchev–Trinajstić information content (AvgIpc) is 2.87. The van der Waals surface area contributed by atoms with Crippen LogP contribution in [0.15, 0.2) is 18.2 Å². The number of benzene rings is 1. The highest BCUT2D eigenvalue weighted by atomic mass is 16.2. The van der Waals surface area contributed by atoms with Crippen molar-refractivity contribution in [3.05, 3.63) is 29.3 Å². The lowest BCUT2D eigenvalue weighted by atomic mass is 10.1. The normalized spacial score (nSPS) is 21.1. The van der Waals surface area contributed by atoms with E-state index in [1.165, 1.54) is 0 Å². The van der Waals surface area contributed by atoms with Crippen LogP contribution in [0.25, 0.3) is 0 Å².